The van der Waals surface area contributed by atoms with Gasteiger partial charge in [-0.05, 0) is 62.3 Å². The van der Waals surface area contributed by atoms with Gasteiger partial charge in [0, 0.05) is 30.6 Å². The highest BCUT2D eigenvalue weighted by Gasteiger charge is 2.31. The van der Waals surface area contributed by atoms with Crippen LogP contribution in [-0.4, -0.2) is 62.6 Å². The highest BCUT2D eigenvalue weighted by atomic mass is 35.5. The highest BCUT2D eigenvalue weighted by molar-refractivity contribution is 8.02. The van der Waals surface area contributed by atoms with Crippen molar-refractivity contribution in [3.8, 4) is 11.5 Å². The van der Waals surface area contributed by atoms with Crippen LogP contribution in [0, 0.1) is 0 Å². The number of benzene rings is 2. The minimum absolute atomic E-state index is 0.00587. The molecule has 13 heteroatoms. The Morgan fingerprint density at radius 3 is 2.62 bits per heavy atom. The van der Waals surface area contributed by atoms with E-state index >= 15 is 0 Å². The number of amides is 1. The van der Waals surface area contributed by atoms with Crippen molar-refractivity contribution < 1.29 is 26.9 Å². The fourth-order valence-electron chi connectivity index (χ4n) is 4.22. The zero-order chi connectivity index (χ0) is 29.1. The number of hydrogen-bond acceptors (Lipinski definition) is 7. The first-order valence-corrected chi connectivity index (χ1v) is 15.6. The molecule has 1 unspecified atom stereocenters. The number of nitrogens with zero attached hydrogens (tertiary/aromatic N) is 4. The average Bonchev–Trinajstić information content (AvgIpc) is 3.29. The number of halogens is 4. The predicted molar refractivity (Wildman–Crippen MR) is 152 cm³/mol. The summed E-state index contributed by atoms with van der Waals surface area (Å²) < 4.78 is 56.8. The van der Waals surface area contributed by atoms with Gasteiger partial charge in [-0.25, -0.2) is 9.97 Å². The maximum atomic E-state index is 13.0. The molecule has 2 aromatic carbocycles. The van der Waals surface area contributed by atoms with E-state index in [-0.39, 0.29) is 34.2 Å². The summed E-state index contributed by atoms with van der Waals surface area (Å²) in [6.07, 6.45) is 2.30. The minimum atomic E-state index is -4.49. The van der Waals surface area contributed by atoms with E-state index in [4.69, 9.17) is 16.3 Å². The number of aliphatic imine (C=N–C) groups is 1. The molecule has 0 spiro atoms. The van der Waals surface area contributed by atoms with Gasteiger partial charge in [0.25, 0.3) is 0 Å². The molecule has 0 radical (unpaired) electrons. The van der Waals surface area contributed by atoms with Gasteiger partial charge in [0.2, 0.25) is 5.91 Å². The second kappa shape index (κ2) is 11.9. The van der Waals surface area contributed by atoms with Crippen LogP contribution in [0.4, 0.5) is 24.7 Å². The number of rotatable bonds is 10. The van der Waals surface area contributed by atoms with Crippen molar-refractivity contribution in [3.63, 3.8) is 0 Å². The number of nitrogens with one attached hydrogen (secondary N) is 1. The Morgan fingerprint density at radius 2 is 1.95 bits per heavy atom. The largest absolute Gasteiger partial charge is 0.456 e. The topological polar surface area (TPSA) is 96.8 Å². The first-order chi connectivity index (χ1) is 18.8. The summed E-state index contributed by atoms with van der Waals surface area (Å²) in [6, 6.07) is 9.04. The van der Waals surface area contributed by atoms with Gasteiger partial charge < -0.3 is 15.0 Å². The number of ether oxygens (including phenoxy) is 1. The Kier molecular flexibility index (Phi) is 8.79. The van der Waals surface area contributed by atoms with E-state index < -0.39 is 21.7 Å². The zero-order valence-electron chi connectivity index (χ0n) is 22.1. The molecule has 1 aliphatic heterocycles. The van der Waals surface area contributed by atoms with Crippen LogP contribution in [0.25, 0.3) is 0 Å². The molecule has 1 aromatic heterocycles. The molecule has 1 N–H and O–H groups in total. The second-order valence-electron chi connectivity index (χ2n) is 9.71. The highest BCUT2D eigenvalue weighted by Crippen LogP contribution is 2.38. The number of hydrogen-bond donors (Lipinski definition) is 2. The van der Waals surface area contributed by atoms with Crippen molar-refractivity contribution in [2.45, 2.75) is 25.6 Å². The first kappa shape index (κ1) is 29.5. The maximum absolute atomic E-state index is 13.0. The van der Waals surface area contributed by atoms with Crippen molar-refractivity contribution in [1.29, 1.82) is 0 Å². The molecule has 1 aliphatic rings. The van der Waals surface area contributed by atoms with E-state index in [0.717, 1.165) is 17.7 Å². The van der Waals surface area contributed by atoms with Gasteiger partial charge in [0.15, 0.2) is 0 Å². The van der Waals surface area contributed by atoms with Crippen LogP contribution in [0.2, 0.25) is 5.02 Å². The van der Waals surface area contributed by atoms with Crippen LogP contribution in [0.5, 0.6) is 11.5 Å². The lowest BCUT2D eigenvalue weighted by atomic mass is 10.1. The molecule has 1 amide bonds. The summed E-state index contributed by atoms with van der Waals surface area (Å²) >= 11 is 6.39. The van der Waals surface area contributed by atoms with E-state index in [2.05, 4.69) is 20.3 Å². The molecule has 214 valence electrons. The Balaban J connectivity index is 1.47. The monoisotopic (exact) mass is 595 g/mol. The smallest absolute Gasteiger partial charge is 0.416 e. The van der Waals surface area contributed by atoms with Gasteiger partial charge in [-0.3, -0.25) is 14.0 Å². The molecule has 8 nitrogen and oxygen atoms in total. The Morgan fingerprint density at radius 1 is 1.18 bits per heavy atom. The third kappa shape index (κ3) is 7.36. The number of anilines is 2. The Hall–Kier alpha value is -3.51. The van der Waals surface area contributed by atoms with Crippen molar-refractivity contribution >= 4 is 45.2 Å². The predicted octanol–water partition coefficient (Wildman–Crippen LogP) is 5.67. The van der Waals surface area contributed by atoms with Crippen LogP contribution in [0.3, 0.4) is 0 Å². The Labute approximate surface area is 236 Å². The van der Waals surface area contributed by atoms with E-state index in [1.807, 2.05) is 6.92 Å². The van der Waals surface area contributed by atoms with E-state index in [1.54, 1.807) is 41.8 Å². The quantitative estimate of drug-likeness (QED) is 0.293. The number of fused-ring (bicyclic) bond motifs is 1. The molecule has 1 atom stereocenters. The summed E-state index contributed by atoms with van der Waals surface area (Å²) in [4.78, 5) is 27.5. The number of carbonyl (C=O) groups is 1. The van der Waals surface area contributed by atoms with Gasteiger partial charge in [-0.15, -0.1) is 9.93 Å². The van der Waals surface area contributed by atoms with Gasteiger partial charge in [0.1, 0.15) is 23.6 Å². The molecule has 0 aliphatic carbocycles. The van der Waals surface area contributed by atoms with E-state index in [9.17, 15) is 22.2 Å². The summed E-state index contributed by atoms with van der Waals surface area (Å²) in [5.41, 5.74) is 1.16. The molecule has 4 rings (SSSR count). The third-order valence-electron chi connectivity index (χ3n) is 6.13. The second-order valence-corrected chi connectivity index (χ2v) is 13.6. The summed E-state index contributed by atoms with van der Waals surface area (Å²) in [5, 5.41) is 3.40. The minimum Gasteiger partial charge on any atom is -0.456 e. The molecule has 0 fully saturated rings. The molecule has 0 bridgehead atoms. The standard InChI is InChI=1S/C27H29ClF3N5O3S/c1-4-36(24(37)15-40(2,3)38)11-10-21-25-22(14-32-21)33-16-34-26(25)35-18-8-9-23(20(28)13-18)39-19-7-5-6-17(12-19)27(29,30)31/h5-9,12-14,16,21,40H,4,10-11,15H2,1-3H3,(H,33,34,35). The number of alkyl halides is 3. The average molecular weight is 596 g/mol. The molecule has 3 aromatic rings. The first-order valence-electron chi connectivity index (χ1n) is 12.5. The molecule has 2 heterocycles. The number of aromatic nitrogens is 2. The van der Waals surface area contributed by atoms with Crippen LogP contribution in [0.15, 0.2) is 53.8 Å². The van der Waals surface area contributed by atoms with Crippen LogP contribution < -0.4 is 10.1 Å². The lowest BCUT2D eigenvalue weighted by Gasteiger charge is -2.24. The number of carbonyl (C=O) groups excluding carboxylic acids is 1. The van der Waals surface area contributed by atoms with Gasteiger partial charge in [-0.1, -0.05) is 17.7 Å². The van der Waals surface area contributed by atoms with Crippen molar-refractivity contribution in [1.82, 2.24) is 14.9 Å². The normalized spacial score (nSPS) is 15.0. The van der Waals surface area contributed by atoms with Crippen LogP contribution >= 0.6 is 11.6 Å². The molecule has 0 saturated carbocycles. The number of thiol groups is 1. The third-order valence-corrected chi connectivity index (χ3v) is 7.46. The summed E-state index contributed by atoms with van der Waals surface area (Å²) in [7, 11) is -2.49. The van der Waals surface area contributed by atoms with Crippen molar-refractivity contribution in [2.75, 3.05) is 36.7 Å². The maximum Gasteiger partial charge on any atom is 0.416 e. The molecular formula is C27H29ClF3N5O3S. The fourth-order valence-corrected chi connectivity index (χ4v) is 5.29. The Bertz CT molecular complexity index is 1480. The van der Waals surface area contributed by atoms with Crippen molar-refractivity contribution in [3.05, 3.63) is 70.6 Å². The summed E-state index contributed by atoms with van der Waals surface area (Å²) in [5.74, 6) is 0.578. The van der Waals surface area contributed by atoms with Crippen LogP contribution in [-0.2, 0) is 20.9 Å². The molecule has 40 heavy (non-hydrogen) atoms. The zero-order valence-corrected chi connectivity index (χ0v) is 23.7. The molecular weight excluding hydrogens is 567 g/mol. The van der Waals surface area contributed by atoms with Crippen LogP contribution in [0.1, 0.15) is 36.2 Å². The SMILES string of the molecule is CCN(CCC1N=Cc2ncnc(Nc3ccc(Oc4cccc(C(F)(F)F)c4)c(Cl)c3)c21)C(=O)C[SH](C)(C)=O. The van der Waals surface area contributed by atoms with E-state index in [1.165, 1.54) is 18.5 Å². The van der Waals surface area contributed by atoms with Gasteiger partial charge >= 0.3 is 6.18 Å². The molecule has 0 saturated heterocycles. The van der Waals surface area contributed by atoms with Gasteiger partial charge in [-0.2, -0.15) is 13.2 Å². The fraction of sp³-hybridized carbons (Fsp3) is 0.333. The van der Waals surface area contributed by atoms with E-state index in [0.29, 0.717) is 36.7 Å². The lowest BCUT2D eigenvalue weighted by Crippen LogP contribution is -2.38. The van der Waals surface area contributed by atoms with Crippen molar-refractivity contribution in [2.24, 2.45) is 4.99 Å². The summed E-state index contributed by atoms with van der Waals surface area (Å²) in [6.45, 7) is 2.80. The van der Waals surface area contributed by atoms with Gasteiger partial charge in [0.05, 0.1) is 28.1 Å². The lowest BCUT2D eigenvalue weighted by molar-refractivity contribution is -0.137.